The van der Waals surface area contributed by atoms with Gasteiger partial charge in [0.05, 0.1) is 6.61 Å². The topological polar surface area (TPSA) is 75.6 Å². The van der Waals surface area contributed by atoms with Gasteiger partial charge in [0, 0.05) is 32.1 Å². The molecule has 0 unspecified atom stereocenters. The van der Waals surface area contributed by atoms with E-state index in [1.807, 2.05) is 41.5 Å². The van der Waals surface area contributed by atoms with Crippen LogP contribution < -0.4 is 5.32 Å². The molecule has 0 rings (SSSR count). The van der Waals surface area contributed by atoms with E-state index in [1.54, 1.807) is 14.0 Å². The van der Waals surface area contributed by atoms with Crippen LogP contribution in [0.5, 0.6) is 0 Å². The second kappa shape index (κ2) is 23.1. The first-order chi connectivity index (χ1) is 11.7. The molecule has 0 heterocycles. The van der Waals surface area contributed by atoms with Crippen LogP contribution in [0, 0.1) is 11.3 Å². The minimum absolute atomic E-state index is 0.0324. The van der Waals surface area contributed by atoms with Gasteiger partial charge in [0.15, 0.2) is 0 Å². The van der Waals surface area contributed by atoms with Crippen molar-refractivity contribution in [1.82, 2.24) is 5.32 Å². The second-order valence-corrected chi connectivity index (χ2v) is 6.24. The third-order valence-corrected chi connectivity index (χ3v) is 3.02. The number of aliphatic hydroxyl groups excluding tert-OH is 1. The summed E-state index contributed by atoms with van der Waals surface area (Å²) in [6, 6.07) is 0. The van der Waals surface area contributed by atoms with E-state index in [0.717, 1.165) is 12.8 Å². The van der Waals surface area contributed by atoms with Gasteiger partial charge in [-0.3, -0.25) is 4.79 Å². The van der Waals surface area contributed by atoms with Gasteiger partial charge >= 0.3 is 0 Å². The number of carbonyl (C=O) groups is 2. The molecule has 0 aliphatic rings. The quantitative estimate of drug-likeness (QED) is 0.601. The van der Waals surface area contributed by atoms with Crippen molar-refractivity contribution in [2.45, 2.75) is 81.6 Å². The predicted octanol–water partition coefficient (Wildman–Crippen LogP) is 4.22. The molecule has 5 nitrogen and oxygen atoms in total. The average Bonchev–Trinajstić information content (AvgIpc) is 2.57. The molecular formula is C20H45NO4. The average molecular weight is 364 g/mol. The maximum Gasteiger partial charge on any atom is 0.225 e. The SMILES string of the molecule is CC.CC.CC(=O)CCC(C)C.COCCNC(=O)C(C)(C)CCO. The van der Waals surface area contributed by atoms with Gasteiger partial charge in [-0.1, -0.05) is 55.4 Å². The highest BCUT2D eigenvalue weighted by molar-refractivity contribution is 5.81. The molecule has 0 radical (unpaired) electrons. The van der Waals surface area contributed by atoms with Gasteiger partial charge in [0.2, 0.25) is 5.91 Å². The molecule has 2 N–H and O–H groups in total. The molecule has 0 aromatic heterocycles. The Morgan fingerprint density at radius 1 is 1.12 bits per heavy atom. The fourth-order valence-corrected chi connectivity index (χ4v) is 1.39. The summed E-state index contributed by atoms with van der Waals surface area (Å²) in [4.78, 5) is 21.8. The Hall–Kier alpha value is -0.940. The standard InChI is InChI=1S/C9H19NO3.C7H14O.2C2H6/c1-9(2,4-6-11)8(12)10-5-7-13-3;1-6(2)4-5-7(3)8;2*1-2/h11H,4-7H2,1-3H3,(H,10,12);6H,4-5H2,1-3H3;2*1-2H3. The van der Waals surface area contributed by atoms with Crippen molar-refractivity contribution in [3.05, 3.63) is 0 Å². The van der Waals surface area contributed by atoms with Crippen molar-refractivity contribution in [3.8, 4) is 0 Å². The molecule has 0 fully saturated rings. The lowest BCUT2D eigenvalue weighted by atomic mass is 9.89. The van der Waals surface area contributed by atoms with Gasteiger partial charge in [-0.15, -0.1) is 0 Å². The number of hydrogen-bond acceptors (Lipinski definition) is 4. The molecule has 0 aliphatic heterocycles. The summed E-state index contributed by atoms with van der Waals surface area (Å²) in [6.45, 7) is 18.6. The maximum atomic E-state index is 11.5. The van der Waals surface area contributed by atoms with Crippen LogP contribution in [-0.4, -0.2) is 43.7 Å². The van der Waals surface area contributed by atoms with Crippen LogP contribution in [0.25, 0.3) is 0 Å². The van der Waals surface area contributed by atoms with Crippen LogP contribution in [0.4, 0.5) is 0 Å². The van der Waals surface area contributed by atoms with Crippen LogP contribution in [0.15, 0.2) is 0 Å². The Kier molecular flexibility index (Phi) is 29.3. The van der Waals surface area contributed by atoms with Crippen LogP contribution in [0.2, 0.25) is 0 Å². The van der Waals surface area contributed by atoms with Crippen molar-refractivity contribution in [2.75, 3.05) is 26.9 Å². The number of methoxy groups -OCH3 is 1. The van der Waals surface area contributed by atoms with E-state index in [-0.39, 0.29) is 12.5 Å². The highest BCUT2D eigenvalue weighted by Gasteiger charge is 2.26. The summed E-state index contributed by atoms with van der Waals surface area (Å²) < 4.78 is 4.80. The van der Waals surface area contributed by atoms with Gasteiger partial charge in [-0.2, -0.15) is 0 Å². The fourth-order valence-electron chi connectivity index (χ4n) is 1.39. The summed E-state index contributed by atoms with van der Waals surface area (Å²) >= 11 is 0. The molecule has 154 valence electrons. The summed E-state index contributed by atoms with van der Waals surface area (Å²) in [7, 11) is 1.59. The van der Waals surface area contributed by atoms with Crippen molar-refractivity contribution in [3.63, 3.8) is 0 Å². The Morgan fingerprint density at radius 2 is 1.60 bits per heavy atom. The van der Waals surface area contributed by atoms with Gasteiger partial charge in [0.1, 0.15) is 5.78 Å². The van der Waals surface area contributed by atoms with E-state index < -0.39 is 5.41 Å². The van der Waals surface area contributed by atoms with E-state index in [9.17, 15) is 9.59 Å². The maximum absolute atomic E-state index is 11.5. The van der Waals surface area contributed by atoms with Gasteiger partial charge in [-0.05, 0) is 25.7 Å². The third kappa shape index (κ3) is 28.2. The molecule has 0 saturated carbocycles. The summed E-state index contributed by atoms with van der Waals surface area (Å²) in [5.41, 5.74) is -0.498. The molecule has 0 saturated heterocycles. The number of ether oxygens (including phenoxy) is 1. The van der Waals surface area contributed by atoms with E-state index in [0.29, 0.717) is 31.3 Å². The van der Waals surface area contributed by atoms with Gasteiger partial charge in [-0.25, -0.2) is 0 Å². The lowest BCUT2D eigenvalue weighted by Gasteiger charge is -2.22. The Labute approximate surface area is 156 Å². The minimum Gasteiger partial charge on any atom is -0.396 e. The van der Waals surface area contributed by atoms with Crippen LogP contribution in [-0.2, 0) is 14.3 Å². The monoisotopic (exact) mass is 363 g/mol. The van der Waals surface area contributed by atoms with Crippen LogP contribution in [0.1, 0.15) is 81.6 Å². The normalized spacial score (nSPS) is 9.60. The number of Topliss-reactive ketones (excluding diaryl/α,β-unsaturated/α-hetero) is 1. The fraction of sp³-hybridized carbons (Fsp3) is 0.900. The second-order valence-electron chi connectivity index (χ2n) is 6.24. The third-order valence-electron chi connectivity index (χ3n) is 3.02. The van der Waals surface area contributed by atoms with Crippen molar-refractivity contribution in [1.29, 1.82) is 0 Å². The van der Waals surface area contributed by atoms with Gasteiger partial charge in [0.25, 0.3) is 0 Å². The summed E-state index contributed by atoms with van der Waals surface area (Å²) in [5, 5.41) is 11.5. The number of ketones is 1. The Balaban J connectivity index is -0.000000157. The van der Waals surface area contributed by atoms with Crippen molar-refractivity contribution >= 4 is 11.7 Å². The molecular weight excluding hydrogens is 318 g/mol. The van der Waals surface area contributed by atoms with E-state index in [1.165, 1.54) is 0 Å². The van der Waals surface area contributed by atoms with Crippen molar-refractivity contribution in [2.24, 2.45) is 11.3 Å². The molecule has 5 heteroatoms. The number of aliphatic hydroxyl groups is 1. The van der Waals surface area contributed by atoms with Crippen molar-refractivity contribution < 1.29 is 19.4 Å². The molecule has 0 aromatic carbocycles. The first kappa shape index (κ1) is 31.8. The summed E-state index contributed by atoms with van der Waals surface area (Å²) in [6.07, 6.45) is 2.26. The highest BCUT2D eigenvalue weighted by Crippen LogP contribution is 2.19. The van der Waals surface area contributed by atoms with E-state index in [4.69, 9.17) is 9.84 Å². The van der Waals surface area contributed by atoms with Gasteiger partial charge < -0.3 is 20.0 Å². The molecule has 0 bridgehead atoms. The molecule has 0 aliphatic carbocycles. The minimum atomic E-state index is -0.498. The molecule has 0 spiro atoms. The molecule has 1 amide bonds. The van der Waals surface area contributed by atoms with Crippen LogP contribution in [0.3, 0.4) is 0 Å². The largest absolute Gasteiger partial charge is 0.396 e. The zero-order valence-electron chi connectivity index (χ0n) is 18.5. The number of nitrogens with one attached hydrogen (secondary N) is 1. The molecule has 25 heavy (non-hydrogen) atoms. The molecule has 0 aromatic rings. The number of carbonyl (C=O) groups excluding carboxylic acids is 2. The Morgan fingerprint density at radius 3 is 1.88 bits per heavy atom. The first-order valence-corrected chi connectivity index (χ1v) is 9.55. The zero-order valence-corrected chi connectivity index (χ0v) is 18.5. The highest BCUT2D eigenvalue weighted by atomic mass is 16.5. The van der Waals surface area contributed by atoms with Crippen LogP contribution >= 0.6 is 0 Å². The molecule has 0 atom stereocenters. The predicted molar refractivity (Wildman–Crippen MR) is 108 cm³/mol. The Bertz CT molecular complexity index is 289. The number of amides is 1. The smallest absolute Gasteiger partial charge is 0.225 e. The van der Waals surface area contributed by atoms with E-state index >= 15 is 0 Å². The van der Waals surface area contributed by atoms with E-state index in [2.05, 4.69) is 19.2 Å². The summed E-state index contributed by atoms with van der Waals surface area (Å²) in [5.74, 6) is 0.927. The number of rotatable bonds is 9. The lowest BCUT2D eigenvalue weighted by molar-refractivity contribution is -0.130. The number of hydrogen-bond donors (Lipinski definition) is 2. The lowest BCUT2D eigenvalue weighted by Crippen LogP contribution is -2.39. The zero-order chi connectivity index (χ0) is 20.9. The first-order valence-electron chi connectivity index (χ1n) is 9.55.